The first-order valence-corrected chi connectivity index (χ1v) is 12.3. The van der Waals surface area contributed by atoms with Gasteiger partial charge in [0.25, 0.3) is 15.9 Å². The van der Waals surface area contributed by atoms with E-state index in [1.165, 1.54) is 25.4 Å². The Hall–Kier alpha value is -4.12. The van der Waals surface area contributed by atoms with Gasteiger partial charge in [0.05, 0.1) is 19.9 Å². The van der Waals surface area contributed by atoms with Crippen molar-refractivity contribution in [3.05, 3.63) is 71.7 Å². The molecule has 11 heteroatoms. The lowest BCUT2D eigenvalue weighted by Crippen LogP contribution is -2.16. The predicted octanol–water partition coefficient (Wildman–Crippen LogP) is 3.81. The third kappa shape index (κ3) is 5.04. The summed E-state index contributed by atoms with van der Waals surface area (Å²) in [5.74, 6) is 0.293. The van der Waals surface area contributed by atoms with Crippen molar-refractivity contribution in [1.82, 2.24) is 14.6 Å². The smallest absolute Gasteiger partial charge is 0.265 e. The van der Waals surface area contributed by atoms with Crippen molar-refractivity contribution in [3.63, 3.8) is 0 Å². The Labute approximate surface area is 203 Å². The number of nitrogens with zero attached hydrogens (tertiary/aromatic N) is 3. The van der Waals surface area contributed by atoms with Crippen LogP contribution in [0.15, 0.2) is 59.6 Å². The Morgan fingerprint density at radius 3 is 2.46 bits per heavy atom. The summed E-state index contributed by atoms with van der Waals surface area (Å²) in [6, 6.07) is 12.8. The molecule has 2 heterocycles. The van der Waals surface area contributed by atoms with Crippen molar-refractivity contribution in [2.24, 2.45) is 0 Å². The van der Waals surface area contributed by atoms with Gasteiger partial charge in [-0.3, -0.25) is 9.52 Å². The molecule has 2 aromatic heterocycles. The van der Waals surface area contributed by atoms with Crippen LogP contribution in [0.25, 0.3) is 5.65 Å². The van der Waals surface area contributed by atoms with E-state index >= 15 is 0 Å². The highest BCUT2D eigenvalue weighted by atomic mass is 32.2. The first kappa shape index (κ1) is 24.0. The number of amides is 1. The molecule has 0 saturated carbocycles. The second-order valence-electron chi connectivity index (χ2n) is 7.72. The average Bonchev–Trinajstić information content (AvgIpc) is 3.25. The monoisotopic (exact) mass is 495 g/mol. The third-order valence-electron chi connectivity index (χ3n) is 5.15. The average molecular weight is 496 g/mol. The standard InChI is InChI=1S/C24H25N5O5S/c1-5-34-19-9-6-17(7-10-19)28-35(31,32)22-13-18(8-11-21(22)33-4)27-24(30)20-14-25-29-16(3)12-15(2)26-23(20)29/h6-14,28H,5H2,1-4H3,(H,27,30). The van der Waals surface area contributed by atoms with Crippen LogP contribution in [0.1, 0.15) is 28.7 Å². The highest BCUT2D eigenvalue weighted by molar-refractivity contribution is 7.92. The van der Waals surface area contributed by atoms with Gasteiger partial charge in [-0.25, -0.2) is 17.9 Å². The lowest BCUT2D eigenvalue weighted by Gasteiger charge is -2.14. The topological polar surface area (TPSA) is 124 Å². The minimum atomic E-state index is -4.04. The maximum Gasteiger partial charge on any atom is 0.265 e. The highest BCUT2D eigenvalue weighted by Gasteiger charge is 2.22. The molecule has 4 aromatic rings. The summed E-state index contributed by atoms with van der Waals surface area (Å²) >= 11 is 0. The van der Waals surface area contributed by atoms with Gasteiger partial charge in [-0.1, -0.05) is 0 Å². The third-order valence-corrected chi connectivity index (χ3v) is 6.55. The number of fused-ring (bicyclic) bond motifs is 1. The van der Waals surface area contributed by atoms with Gasteiger partial charge in [-0.2, -0.15) is 5.10 Å². The van der Waals surface area contributed by atoms with Crippen molar-refractivity contribution >= 4 is 33.0 Å². The van der Waals surface area contributed by atoms with Gasteiger partial charge >= 0.3 is 0 Å². The minimum Gasteiger partial charge on any atom is -0.495 e. The summed E-state index contributed by atoms with van der Waals surface area (Å²) in [6.07, 6.45) is 1.43. The lowest BCUT2D eigenvalue weighted by molar-refractivity contribution is 0.102. The van der Waals surface area contributed by atoms with E-state index in [0.717, 1.165) is 11.4 Å². The van der Waals surface area contributed by atoms with E-state index in [4.69, 9.17) is 9.47 Å². The number of hydrogen-bond donors (Lipinski definition) is 2. The van der Waals surface area contributed by atoms with Crippen LogP contribution < -0.4 is 19.5 Å². The van der Waals surface area contributed by atoms with Crippen LogP contribution in [0.5, 0.6) is 11.5 Å². The maximum absolute atomic E-state index is 13.1. The number of aryl methyl sites for hydroxylation is 2. The van der Waals surface area contributed by atoms with Crippen molar-refractivity contribution < 1.29 is 22.7 Å². The first-order chi connectivity index (χ1) is 16.7. The zero-order valence-corrected chi connectivity index (χ0v) is 20.5. The zero-order chi connectivity index (χ0) is 25.2. The molecule has 4 rings (SSSR count). The Kier molecular flexibility index (Phi) is 6.61. The summed E-state index contributed by atoms with van der Waals surface area (Å²) in [5, 5.41) is 6.96. The Balaban J connectivity index is 1.62. The van der Waals surface area contributed by atoms with Gasteiger partial charge in [0.15, 0.2) is 5.65 Å². The largest absolute Gasteiger partial charge is 0.495 e. The number of hydrogen-bond acceptors (Lipinski definition) is 7. The molecule has 10 nitrogen and oxygen atoms in total. The molecule has 0 radical (unpaired) electrons. The molecule has 0 aliphatic carbocycles. The Bertz CT molecular complexity index is 1500. The highest BCUT2D eigenvalue weighted by Crippen LogP contribution is 2.30. The van der Waals surface area contributed by atoms with Crippen LogP contribution >= 0.6 is 0 Å². The van der Waals surface area contributed by atoms with Gasteiger partial charge in [0, 0.05) is 22.8 Å². The second-order valence-corrected chi connectivity index (χ2v) is 9.37. The lowest BCUT2D eigenvalue weighted by atomic mass is 10.2. The Morgan fingerprint density at radius 1 is 1.06 bits per heavy atom. The number of carbonyl (C=O) groups is 1. The Morgan fingerprint density at radius 2 is 1.77 bits per heavy atom. The fourth-order valence-corrected chi connectivity index (χ4v) is 4.84. The molecule has 35 heavy (non-hydrogen) atoms. The van der Waals surface area contributed by atoms with Gasteiger partial charge < -0.3 is 14.8 Å². The fourth-order valence-electron chi connectivity index (χ4n) is 3.59. The molecule has 0 aliphatic rings. The number of methoxy groups -OCH3 is 1. The zero-order valence-electron chi connectivity index (χ0n) is 19.7. The van der Waals surface area contributed by atoms with E-state index in [2.05, 4.69) is 20.1 Å². The second kappa shape index (κ2) is 9.63. The van der Waals surface area contributed by atoms with Crippen molar-refractivity contribution in [1.29, 1.82) is 0 Å². The van der Waals surface area contributed by atoms with Crippen LogP contribution in [-0.4, -0.2) is 42.6 Å². The summed E-state index contributed by atoms with van der Waals surface area (Å²) in [7, 11) is -2.66. The summed E-state index contributed by atoms with van der Waals surface area (Å²) in [4.78, 5) is 17.3. The molecular formula is C24H25N5O5S. The molecule has 2 N–H and O–H groups in total. The SMILES string of the molecule is CCOc1ccc(NS(=O)(=O)c2cc(NC(=O)c3cnn4c(C)cc(C)nc34)ccc2OC)cc1. The van der Waals surface area contributed by atoms with E-state index in [1.54, 1.807) is 34.8 Å². The molecule has 0 fully saturated rings. The molecule has 1 amide bonds. The number of aromatic nitrogens is 3. The fraction of sp³-hybridized carbons (Fsp3) is 0.208. The van der Waals surface area contributed by atoms with Crippen LogP contribution in [0, 0.1) is 13.8 Å². The van der Waals surface area contributed by atoms with E-state index in [-0.39, 0.29) is 21.9 Å². The van der Waals surface area contributed by atoms with Crippen molar-refractivity contribution in [2.75, 3.05) is 23.8 Å². The quantitative estimate of drug-likeness (QED) is 0.381. The molecule has 0 unspecified atom stereocenters. The molecule has 2 aromatic carbocycles. The number of ether oxygens (including phenoxy) is 2. The van der Waals surface area contributed by atoms with Crippen LogP contribution in [0.4, 0.5) is 11.4 Å². The number of rotatable bonds is 8. The molecule has 0 spiro atoms. The van der Waals surface area contributed by atoms with Crippen LogP contribution in [0.3, 0.4) is 0 Å². The summed E-state index contributed by atoms with van der Waals surface area (Å²) in [6.45, 7) is 6.07. The van der Waals surface area contributed by atoms with Crippen LogP contribution in [-0.2, 0) is 10.0 Å². The summed E-state index contributed by atoms with van der Waals surface area (Å²) < 4.78 is 41.0. The van der Waals surface area contributed by atoms with Gasteiger partial charge in [0.1, 0.15) is 22.0 Å². The number of nitrogens with one attached hydrogen (secondary N) is 2. The van der Waals surface area contributed by atoms with Gasteiger partial charge in [-0.05, 0) is 69.3 Å². The molecule has 0 bridgehead atoms. The normalized spacial score (nSPS) is 11.3. The maximum atomic E-state index is 13.1. The number of benzene rings is 2. The van der Waals surface area contributed by atoms with Gasteiger partial charge in [0.2, 0.25) is 0 Å². The van der Waals surface area contributed by atoms with E-state index < -0.39 is 15.9 Å². The van der Waals surface area contributed by atoms with E-state index in [0.29, 0.717) is 23.7 Å². The van der Waals surface area contributed by atoms with E-state index in [9.17, 15) is 13.2 Å². The molecule has 0 aliphatic heterocycles. The number of carbonyl (C=O) groups excluding carboxylic acids is 1. The molecule has 0 saturated heterocycles. The van der Waals surface area contributed by atoms with E-state index in [1.807, 2.05) is 26.8 Å². The van der Waals surface area contributed by atoms with Crippen LogP contribution in [0.2, 0.25) is 0 Å². The predicted molar refractivity (Wildman–Crippen MR) is 132 cm³/mol. The van der Waals surface area contributed by atoms with Crippen molar-refractivity contribution in [2.45, 2.75) is 25.7 Å². The first-order valence-electron chi connectivity index (χ1n) is 10.8. The minimum absolute atomic E-state index is 0.128. The molecule has 0 atom stereocenters. The molecular weight excluding hydrogens is 470 g/mol. The number of anilines is 2. The van der Waals surface area contributed by atoms with Crippen molar-refractivity contribution in [3.8, 4) is 11.5 Å². The number of sulfonamides is 1. The van der Waals surface area contributed by atoms with Gasteiger partial charge in [-0.15, -0.1) is 0 Å². The molecule has 182 valence electrons. The summed E-state index contributed by atoms with van der Waals surface area (Å²) in [5.41, 5.74) is 2.90.